The molecular formula is C34H51NO5S. The van der Waals surface area contributed by atoms with Crippen molar-refractivity contribution in [1.29, 1.82) is 0 Å². The number of aryl methyl sites for hydroxylation is 1. The van der Waals surface area contributed by atoms with Gasteiger partial charge < -0.3 is 19.9 Å². The van der Waals surface area contributed by atoms with Crippen LogP contribution in [0.2, 0.25) is 0 Å². The molecule has 2 unspecified atom stereocenters. The van der Waals surface area contributed by atoms with Gasteiger partial charge in [-0.2, -0.15) is 11.8 Å². The van der Waals surface area contributed by atoms with Crippen molar-refractivity contribution >= 4 is 23.6 Å². The second-order valence-electron chi connectivity index (χ2n) is 11.6. The average molecular weight is 586 g/mol. The van der Waals surface area contributed by atoms with E-state index in [4.69, 9.17) is 9.47 Å². The van der Waals surface area contributed by atoms with Crippen molar-refractivity contribution in [2.45, 2.75) is 111 Å². The Morgan fingerprint density at radius 2 is 1.73 bits per heavy atom. The van der Waals surface area contributed by atoms with Crippen molar-refractivity contribution in [1.82, 2.24) is 5.32 Å². The summed E-state index contributed by atoms with van der Waals surface area (Å²) in [6, 6.07) is 1.25. The van der Waals surface area contributed by atoms with E-state index in [1.54, 1.807) is 18.7 Å². The van der Waals surface area contributed by atoms with Crippen LogP contribution in [-0.2, 0) is 20.7 Å². The number of hydrogen-bond acceptors (Lipinski definition) is 6. The Kier molecular flexibility index (Phi) is 14.1. The van der Waals surface area contributed by atoms with Crippen molar-refractivity contribution < 1.29 is 24.2 Å². The molecule has 2 rings (SSSR count). The molecule has 0 radical (unpaired) electrons. The fourth-order valence-electron chi connectivity index (χ4n) is 5.02. The van der Waals surface area contributed by atoms with Crippen LogP contribution in [0.5, 0.6) is 11.5 Å². The number of esters is 1. The lowest BCUT2D eigenvalue weighted by molar-refractivity contribution is -0.144. The minimum Gasteiger partial charge on any atom is -0.508 e. The molecule has 0 bridgehead atoms. The van der Waals surface area contributed by atoms with Gasteiger partial charge in [-0.05, 0) is 134 Å². The van der Waals surface area contributed by atoms with Crippen LogP contribution in [0, 0.1) is 13.8 Å². The van der Waals surface area contributed by atoms with Gasteiger partial charge in [0.25, 0.3) is 0 Å². The number of phenolic OH excluding ortho intramolecular Hbond substituents is 1. The Bertz CT molecular complexity index is 1150. The molecule has 0 fully saturated rings. The number of amides is 1. The lowest BCUT2D eigenvalue weighted by Crippen LogP contribution is -2.42. The zero-order valence-electron chi connectivity index (χ0n) is 26.4. The number of benzene rings is 1. The van der Waals surface area contributed by atoms with Gasteiger partial charge in [0.05, 0.1) is 7.11 Å². The van der Waals surface area contributed by atoms with Crippen LogP contribution in [0.1, 0.15) is 95.8 Å². The van der Waals surface area contributed by atoms with Crippen molar-refractivity contribution in [3.8, 4) is 11.5 Å². The summed E-state index contributed by atoms with van der Waals surface area (Å²) in [6.07, 6.45) is 16.6. The SMILES string of the molecule is COC(=O)C(CCSC)NC(=O)/C(C)=C/CC/C(C)=C/CC/C(C)=C/CCC1(C)CCc2cc(O)c(C)c(C)c2O1. The first kappa shape index (κ1) is 34.5. The summed E-state index contributed by atoms with van der Waals surface area (Å²) in [5.41, 5.74) is 6.19. The lowest BCUT2D eigenvalue weighted by Gasteiger charge is -2.37. The molecule has 228 valence electrons. The number of methoxy groups -OCH3 is 1. The first-order valence-corrected chi connectivity index (χ1v) is 16.2. The van der Waals surface area contributed by atoms with E-state index in [1.807, 2.05) is 32.2 Å². The van der Waals surface area contributed by atoms with Gasteiger partial charge in [-0.3, -0.25) is 4.79 Å². The number of rotatable bonds is 15. The predicted octanol–water partition coefficient (Wildman–Crippen LogP) is 7.68. The van der Waals surface area contributed by atoms with E-state index in [0.717, 1.165) is 79.6 Å². The Labute approximate surface area is 252 Å². The summed E-state index contributed by atoms with van der Waals surface area (Å²) in [7, 11) is 1.34. The minimum absolute atomic E-state index is 0.189. The summed E-state index contributed by atoms with van der Waals surface area (Å²) in [4.78, 5) is 24.5. The minimum atomic E-state index is -0.611. The largest absolute Gasteiger partial charge is 0.508 e. The van der Waals surface area contributed by atoms with Gasteiger partial charge in [0, 0.05) is 5.57 Å². The molecule has 1 amide bonds. The van der Waals surface area contributed by atoms with Crippen molar-refractivity contribution in [3.63, 3.8) is 0 Å². The highest BCUT2D eigenvalue weighted by molar-refractivity contribution is 7.98. The molecule has 1 aromatic carbocycles. The smallest absolute Gasteiger partial charge is 0.328 e. The lowest BCUT2D eigenvalue weighted by atomic mass is 9.87. The van der Waals surface area contributed by atoms with Crippen LogP contribution >= 0.6 is 11.8 Å². The summed E-state index contributed by atoms with van der Waals surface area (Å²) in [5.74, 6) is 1.47. The quantitative estimate of drug-likeness (QED) is 0.125. The van der Waals surface area contributed by atoms with E-state index < -0.39 is 12.0 Å². The maximum Gasteiger partial charge on any atom is 0.328 e. The Balaban J connectivity index is 1.76. The maximum absolute atomic E-state index is 12.5. The third-order valence-corrected chi connectivity index (χ3v) is 8.75. The Morgan fingerprint density at radius 1 is 1.10 bits per heavy atom. The van der Waals surface area contributed by atoms with Crippen molar-refractivity contribution in [2.24, 2.45) is 0 Å². The molecule has 0 aliphatic carbocycles. The van der Waals surface area contributed by atoms with Crippen LogP contribution in [0.4, 0.5) is 0 Å². The van der Waals surface area contributed by atoms with Gasteiger partial charge in [0.15, 0.2) is 0 Å². The number of aromatic hydroxyl groups is 1. The Morgan fingerprint density at radius 3 is 2.37 bits per heavy atom. The van der Waals surface area contributed by atoms with Crippen LogP contribution in [0.3, 0.4) is 0 Å². The summed E-state index contributed by atoms with van der Waals surface area (Å²) >= 11 is 1.63. The zero-order valence-corrected chi connectivity index (χ0v) is 27.3. The number of thioether (sulfide) groups is 1. The number of nitrogens with one attached hydrogen (secondary N) is 1. The molecule has 7 heteroatoms. The third-order valence-electron chi connectivity index (χ3n) is 8.11. The zero-order chi connectivity index (χ0) is 30.6. The van der Waals surface area contributed by atoms with E-state index in [1.165, 1.54) is 18.3 Å². The fraction of sp³-hybridized carbons (Fsp3) is 0.588. The molecule has 1 aliphatic rings. The standard InChI is InChI=1S/C34H51NO5S/c1-23(14-10-16-25(3)32(37)35-29(18-21-41-8)33(38)39-7)12-9-13-24(2)15-11-19-34(6)20-17-28-22-30(36)26(4)27(5)31(28)40-34/h12,15-16,22,29,36H,9-11,13-14,17-21H2,1-8H3,(H,35,37)/b23-12+,24-15+,25-16+. The molecule has 2 atom stereocenters. The first-order chi connectivity index (χ1) is 19.4. The van der Waals surface area contributed by atoms with E-state index in [0.29, 0.717) is 17.7 Å². The molecule has 2 N–H and O–H groups in total. The summed E-state index contributed by atoms with van der Waals surface area (Å²) in [5, 5.41) is 13.0. The topological polar surface area (TPSA) is 84.9 Å². The van der Waals surface area contributed by atoms with Gasteiger partial charge in [-0.1, -0.05) is 29.4 Å². The van der Waals surface area contributed by atoms with E-state index >= 15 is 0 Å². The molecule has 1 aliphatic heterocycles. The highest BCUT2D eigenvalue weighted by atomic mass is 32.2. The normalized spacial score (nSPS) is 18.4. The summed E-state index contributed by atoms with van der Waals surface area (Å²) in [6.45, 7) is 12.3. The van der Waals surface area contributed by atoms with E-state index in [2.05, 4.69) is 38.2 Å². The maximum atomic E-state index is 12.5. The highest BCUT2D eigenvalue weighted by Gasteiger charge is 2.32. The number of carbonyl (C=O) groups excluding carboxylic acids is 2. The number of ether oxygens (including phenoxy) is 2. The number of hydrogen-bond donors (Lipinski definition) is 2. The molecule has 0 saturated heterocycles. The molecule has 0 saturated carbocycles. The van der Waals surface area contributed by atoms with Gasteiger partial charge in [0.1, 0.15) is 23.1 Å². The third kappa shape index (κ3) is 10.9. The molecule has 0 spiro atoms. The van der Waals surface area contributed by atoms with Crippen molar-refractivity contribution in [2.75, 3.05) is 19.1 Å². The average Bonchev–Trinajstić information content (AvgIpc) is 2.94. The highest BCUT2D eigenvalue weighted by Crippen LogP contribution is 2.41. The second kappa shape index (κ2) is 16.7. The van der Waals surface area contributed by atoms with Gasteiger partial charge in [-0.15, -0.1) is 0 Å². The van der Waals surface area contributed by atoms with Gasteiger partial charge in [0.2, 0.25) is 5.91 Å². The van der Waals surface area contributed by atoms with E-state index in [9.17, 15) is 14.7 Å². The van der Waals surface area contributed by atoms with Gasteiger partial charge in [-0.25, -0.2) is 4.79 Å². The number of phenols is 1. The monoisotopic (exact) mass is 585 g/mol. The molecule has 41 heavy (non-hydrogen) atoms. The number of carbonyl (C=O) groups is 2. The molecule has 6 nitrogen and oxygen atoms in total. The Hall–Kier alpha value is -2.67. The van der Waals surface area contributed by atoms with Crippen LogP contribution in [-0.4, -0.2) is 47.7 Å². The second-order valence-corrected chi connectivity index (χ2v) is 12.6. The van der Waals surface area contributed by atoms with Crippen LogP contribution in [0.25, 0.3) is 0 Å². The fourth-order valence-corrected chi connectivity index (χ4v) is 5.50. The van der Waals surface area contributed by atoms with Gasteiger partial charge >= 0.3 is 5.97 Å². The predicted molar refractivity (Wildman–Crippen MR) is 171 cm³/mol. The van der Waals surface area contributed by atoms with Crippen LogP contribution < -0.4 is 10.1 Å². The molecule has 0 aromatic heterocycles. The summed E-state index contributed by atoms with van der Waals surface area (Å²) < 4.78 is 11.3. The van der Waals surface area contributed by atoms with Crippen LogP contribution in [0.15, 0.2) is 41.0 Å². The number of fused-ring (bicyclic) bond motifs is 1. The molecular weight excluding hydrogens is 534 g/mol. The number of allylic oxidation sites excluding steroid dienone is 5. The van der Waals surface area contributed by atoms with E-state index in [-0.39, 0.29) is 11.5 Å². The van der Waals surface area contributed by atoms with Crippen molar-refractivity contribution in [3.05, 3.63) is 57.7 Å². The first-order valence-electron chi connectivity index (χ1n) is 14.8. The molecule has 1 aromatic rings. The molecule has 1 heterocycles.